The number of allylic oxidation sites excluding steroid dienone is 2. The Balaban J connectivity index is 0. The molecule has 3 atom stereocenters. The van der Waals surface area contributed by atoms with Crippen LogP contribution < -0.4 is 32.3 Å². The molecule has 1 aliphatic rings. The second kappa shape index (κ2) is 36.4. The van der Waals surface area contributed by atoms with Crippen molar-refractivity contribution in [2.45, 2.75) is 90.1 Å². The molecule has 1 aliphatic carbocycles. The van der Waals surface area contributed by atoms with Gasteiger partial charge in [-0.15, -0.1) is 0 Å². The number of benzene rings is 1. The van der Waals surface area contributed by atoms with Crippen LogP contribution >= 0.6 is 11.6 Å². The van der Waals surface area contributed by atoms with Crippen molar-refractivity contribution in [2.75, 3.05) is 46.8 Å². The summed E-state index contributed by atoms with van der Waals surface area (Å²) in [6.07, 6.45) is 15.5. The Hall–Kier alpha value is -2.37. The van der Waals surface area contributed by atoms with Gasteiger partial charge in [-0.3, -0.25) is 9.59 Å². The largest absolute Gasteiger partial charge is 0.483 e. The van der Waals surface area contributed by atoms with Gasteiger partial charge in [0.1, 0.15) is 12.6 Å². The molecule has 0 spiro atoms. The first-order chi connectivity index (χ1) is 24.2. The predicted molar refractivity (Wildman–Crippen MR) is 203 cm³/mol. The molecule has 13 heteroatoms. The van der Waals surface area contributed by atoms with Crippen molar-refractivity contribution >= 4 is 40.6 Å². The number of nitrogens with two attached hydrogens (primary N) is 1. The third-order valence-corrected chi connectivity index (χ3v) is 9.33. The molecule has 0 radical (unpaired) electrons. The molecule has 284 valence electrons. The summed E-state index contributed by atoms with van der Waals surface area (Å²) in [6, 6.07) is 10.4. The third kappa shape index (κ3) is 29.4. The van der Waals surface area contributed by atoms with Gasteiger partial charge < -0.3 is 25.3 Å². The summed E-state index contributed by atoms with van der Waals surface area (Å²) in [4.78, 5) is 39.6. The molecule has 0 saturated carbocycles. The van der Waals surface area contributed by atoms with Crippen LogP contribution in [-0.2, 0) is 45.0 Å². The maximum atomic E-state index is 10.9. The molecule has 50 heavy (non-hydrogen) atoms. The predicted octanol–water partition coefficient (Wildman–Crippen LogP) is 3.64. The van der Waals surface area contributed by atoms with Gasteiger partial charge in [0.2, 0.25) is 5.91 Å². The normalized spacial score (nSPS) is 14.3. The van der Waals surface area contributed by atoms with Gasteiger partial charge >= 0.3 is 150 Å². The molecule has 1 aromatic rings. The van der Waals surface area contributed by atoms with Crippen LogP contribution in [0.15, 0.2) is 53.1 Å². The first-order valence-corrected chi connectivity index (χ1v) is 19.4. The number of halogens is 1. The third-order valence-electron chi connectivity index (χ3n) is 7.42. The number of rotatable bonds is 23. The molecule has 1 aromatic carbocycles. The second-order valence-corrected chi connectivity index (χ2v) is 13.6. The molecule has 8 N–H and O–H groups in total. The van der Waals surface area contributed by atoms with E-state index in [4.69, 9.17) is 27.2 Å². The van der Waals surface area contributed by atoms with E-state index in [9.17, 15) is 14.4 Å². The number of carbonyl (C=O) groups excluding carboxylic acids is 3. The first kappa shape index (κ1) is 49.7. The average molecular weight is 891 g/mol. The van der Waals surface area contributed by atoms with E-state index < -0.39 is 0 Å². The molecule has 0 aromatic heterocycles. The van der Waals surface area contributed by atoms with Gasteiger partial charge in [0.25, 0.3) is 6.47 Å². The Morgan fingerprint density at radius 1 is 1.04 bits per heavy atom. The summed E-state index contributed by atoms with van der Waals surface area (Å²) >= 11 is 7.77. The molecule has 0 aliphatic heterocycles. The van der Waals surface area contributed by atoms with Crippen LogP contribution in [0.25, 0.3) is 0 Å². The maximum Gasteiger partial charge on any atom is 0.290 e. The van der Waals surface area contributed by atoms with E-state index in [0.29, 0.717) is 31.3 Å². The Morgan fingerprint density at radius 3 is 2.28 bits per heavy atom. The smallest absolute Gasteiger partial charge is 0.290 e. The molecule has 3 unspecified atom stereocenters. The fourth-order valence-electron chi connectivity index (χ4n) is 4.52. The SMILES string of the molecule is CCCCCNC(=O)CCC=O.CNC(C=O)Cc1ccccc1.CNC(CCCCNCC1=CCC(C)C=C1Cl)[C](=[W])NCCN.O=CO. The summed E-state index contributed by atoms with van der Waals surface area (Å²) in [5.41, 5.74) is 7.97. The van der Waals surface area contributed by atoms with E-state index in [0.717, 1.165) is 82.3 Å². The van der Waals surface area contributed by atoms with Crippen molar-refractivity contribution < 1.29 is 43.6 Å². The molecule has 2 rings (SSSR count). The van der Waals surface area contributed by atoms with Gasteiger partial charge in [-0.25, -0.2) is 0 Å². The summed E-state index contributed by atoms with van der Waals surface area (Å²) < 4.78 is 1.37. The van der Waals surface area contributed by atoms with Gasteiger partial charge in [0.15, 0.2) is 0 Å². The van der Waals surface area contributed by atoms with Gasteiger partial charge in [-0.2, -0.15) is 0 Å². The van der Waals surface area contributed by atoms with Crippen LogP contribution in [0.4, 0.5) is 0 Å². The van der Waals surface area contributed by atoms with E-state index in [1.165, 1.54) is 47.4 Å². The van der Waals surface area contributed by atoms with Crippen molar-refractivity contribution in [3.8, 4) is 0 Å². The molecule has 0 bridgehead atoms. The van der Waals surface area contributed by atoms with Crippen molar-refractivity contribution in [1.82, 2.24) is 26.6 Å². The van der Waals surface area contributed by atoms with Gasteiger partial charge in [-0.1, -0.05) is 57.0 Å². The Labute approximate surface area is 316 Å². The van der Waals surface area contributed by atoms with Crippen LogP contribution in [0.5, 0.6) is 0 Å². The Morgan fingerprint density at radius 2 is 1.72 bits per heavy atom. The Kier molecular flexibility index (Phi) is 36.2. The second-order valence-electron chi connectivity index (χ2n) is 11.6. The van der Waals surface area contributed by atoms with Crippen LogP contribution in [0.3, 0.4) is 0 Å². The van der Waals surface area contributed by atoms with Crippen molar-refractivity contribution in [3.05, 3.63) is 58.7 Å². The molecule has 1 amide bonds. The number of carboxylic acid groups (broad SMARTS) is 1. The first-order valence-electron chi connectivity index (χ1n) is 17.5. The fourth-order valence-corrected chi connectivity index (χ4v) is 6.09. The Bertz CT molecular complexity index is 1090. The fraction of sp³-hybridized carbons (Fsp3) is 0.595. The minimum absolute atomic E-state index is 0.0156. The quantitative estimate of drug-likeness (QED) is 0.0636. The molecular weight excluding hydrogens is 828 g/mol. The number of hydrogen-bond acceptors (Lipinski definition) is 9. The number of carbonyl (C=O) groups is 4. The van der Waals surface area contributed by atoms with E-state index in [-0.39, 0.29) is 18.4 Å². The number of likely N-dealkylation sites (N-methyl/N-ethyl adjacent to an activating group) is 2. The van der Waals surface area contributed by atoms with Crippen molar-refractivity contribution in [2.24, 2.45) is 11.7 Å². The van der Waals surface area contributed by atoms with Crippen LogP contribution in [0.1, 0.15) is 77.2 Å². The number of amides is 1. The minimum Gasteiger partial charge on any atom is -0.483 e. The van der Waals surface area contributed by atoms with Gasteiger partial charge in [0.05, 0.1) is 6.04 Å². The maximum absolute atomic E-state index is 10.9. The number of nitrogens with one attached hydrogen (secondary N) is 5. The summed E-state index contributed by atoms with van der Waals surface area (Å²) in [5.74, 6) is 0.553. The number of hydrogen-bond donors (Lipinski definition) is 7. The van der Waals surface area contributed by atoms with E-state index in [1.54, 1.807) is 7.05 Å². The van der Waals surface area contributed by atoms with Gasteiger partial charge in [0, 0.05) is 19.4 Å². The van der Waals surface area contributed by atoms with Crippen molar-refractivity contribution in [1.29, 1.82) is 0 Å². The monoisotopic (exact) mass is 890 g/mol. The minimum atomic E-state index is -0.250. The van der Waals surface area contributed by atoms with Crippen LogP contribution in [0, 0.1) is 5.92 Å². The van der Waals surface area contributed by atoms with Crippen LogP contribution in [-0.4, -0.2) is 93.0 Å². The molecule has 0 saturated heterocycles. The average Bonchev–Trinajstić information content (AvgIpc) is 3.12. The van der Waals surface area contributed by atoms with E-state index in [1.807, 2.05) is 37.4 Å². The van der Waals surface area contributed by atoms with E-state index in [2.05, 4.69) is 52.6 Å². The van der Waals surface area contributed by atoms with Gasteiger partial charge in [-0.05, 0) is 25.5 Å². The molecule has 0 fully saturated rings. The molecule has 0 heterocycles. The van der Waals surface area contributed by atoms with Crippen molar-refractivity contribution in [3.63, 3.8) is 0 Å². The molecule has 11 nitrogen and oxygen atoms in total. The zero-order valence-electron chi connectivity index (χ0n) is 30.6. The van der Waals surface area contributed by atoms with E-state index >= 15 is 0 Å². The number of aldehydes is 2. The molecular formula is C37H63ClN6O5W. The van der Waals surface area contributed by atoms with Crippen LogP contribution in [0.2, 0.25) is 0 Å². The topological polar surface area (TPSA) is 175 Å². The summed E-state index contributed by atoms with van der Waals surface area (Å²) in [6.45, 7) is 8.27. The summed E-state index contributed by atoms with van der Waals surface area (Å²) in [7, 11) is 3.82. The number of unbranched alkanes of at least 4 members (excludes halogenated alkanes) is 3. The zero-order valence-corrected chi connectivity index (χ0v) is 34.2. The standard InChI is InChI=1S/C17H31ClN4.C10H13NO.C9H17NO2.CH2O2.W/c1-14-6-7-15(17(18)11-14)12-21-9-4-3-5-16(20-2)13-22-10-8-19;1-11-10(8-12)7-9-5-3-2-4-6-9;1-2-3-4-7-10-9(12)6-5-8-11;2-1-3;/h7,11,14,16,20-22H,3-6,8-10,12,19H2,1-2H3;2-6,8,10-11H,7H2,1H3;8H,2-7H2,1H3,(H,10,12);1H,(H,2,3);. The zero-order chi connectivity index (χ0) is 37.8. The summed E-state index contributed by atoms with van der Waals surface area (Å²) in [5, 5.41) is 23.8.